The van der Waals surface area contributed by atoms with Gasteiger partial charge in [0.25, 0.3) is 0 Å². The number of hydrogen-bond donors (Lipinski definition) is 2. The van der Waals surface area contributed by atoms with Crippen LogP contribution in [0.5, 0.6) is 0 Å². The van der Waals surface area contributed by atoms with Gasteiger partial charge >= 0.3 is 5.97 Å². The average Bonchev–Trinajstić information content (AvgIpc) is 2.69. The van der Waals surface area contributed by atoms with Crippen LogP contribution in [0.3, 0.4) is 0 Å². The van der Waals surface area contributed by atoms with Gasteiger partial charge in [0.1, 0.15) is 17.8 Å². The number of aliphatic hydroxyl groups is 2. The van der Waals surface area contributed by atoms with Gasteiger partial charge in [-0.3, -0.25) is 0 Å². The second-order valence-corrected chi connectivity index (χ2v) is 8.20. The Hall–Kier alpha value is -1.21. The number of esters is 1. The Labute approximate surface area is 147 Å². The Morgan fingerprint density at radius 3 is 2.84 bits per heavy atom. The first-order chi connectivity index (χ1) is 11.7. The van der Waals surface area contributed by atoms with Crippen molar-refractivity contribution in [1.29, 1.82) is 0 Å². The number of allylic oxidation sites excluding steroid dienone is 1. The van der Waals surface area contributed by atoms with Gasteiger partial charge in [-0.2, -0.15) is 0 Å². The second kappa shape index (κ2) is 5.16. The van der Waals surface area contributed by atoms with Gasteiger partial charge in [-0.1, -0.05) is 26.0 Å². The second-order valence-electron chi connectivity index (χ2n) is 8.20. The lowest BCUT2D eigenvalue weighted by atomic mass is 9.48. The van der Waals surface area contributed by atoms with E-state index in [0.717, 1.165) is 5.57 Å². The molecule has 3 fully saturated rings. The average molecular weight is 350 g/mol. The molecule has 138 valence electrons. The fourth-order valence-electron chi connectivity index (χ4n) is 5.61. The number of rotatable bonds is 2. The highest BCUT2D eigenvalue weighted by Gasteiger charge is 2.81. The lowest BCUT2D eigenvalue weighted by molar-refractivity contribution is -0.362. The fraction of sp³-hybridized carbons (Fsp3) is 0.737. The molecule has 0 radical (unpaired) electrons. The van der Waals surface area contributed by atoms with Crippen molar-refractivity contribution in [3.05, 3.63) is 23.8 Å². The summed E-state index contributed by atoms with van der Waals surface area (Å²) in [6.07, 6.45) is 2.79. The van der Waals surface area contributed by atoms with Crippen LogP contribution in [0.1, 0.15) is 34.1 Å². The van der Waals surface area contributed by atoms with Crippen LogP contribution in [-0.4, -0.2) is 58.9 Å². The van der Waals surface area contributed by atoms with Gasteiger partial charge in [0.15, 0.2) is 0 Å². The maximum Gasteiger partial charge on any atom is 0.330 e. The summed E-state index contributed by atoms with van der Waals surface area (Å²) in [6.45, 7) is 7.59. The SMILES string of the molecule is C/C=C/C(=O)O[C@@H]1CC2O[C@@H]3C=C(C)[C@@H](O)[C@@H]4OCC2(O)[C@@]1(C)[C@@]34C. The molecule has 2 heterocycles. The molecule has 0 spiro atoms. The van der Waals surface area contributed by atoms with Gasteiger partial charge in [-0.05, 0) is 19.4 Å². The van der Waals surface area contributed by atoms with Crippen molar-refractivity contribution in [1.82, 2.24) is 0 Å². The molecule has 0 aromatic carbocycles. The smallest absolute Gasteiger partial charge is 0.330 e. The van der Waals surface area contributed by atoms with Crippen molar-refractivity contribution >= 4 is 5.97 Å². The Bertz CT molecular complexity index is 671. The summed E-state index contributed by atoms with van der Waals surface area (Å²) in [4.78, 5) is 12.1. The Morgan fingerprint density at radius 2 is 2.16 bits per heavy atom. The molecule has 4 bridgehead atoms. The molecule has 4 aliphatic rings. The predicted octanol–water partition coefficient (Wildman–Crippen LogP) is 1.11. The van der Waals surface area contributed by atoms with Crippen LogP contribution < -0.4 is 0 Å². The zero-order valence-corrected chi connectivity index (χ0v) is 15.1. The molecule has 0 aromatic heterocycles. The first-order valence-corrected chi connectivity index (χ1v) is 8.89. The van der Waals surface area contributed by atoms with E-state index in [1.165, 1.54) is 6.08 Å². The lowest BCUT2D eigenvalue weighted by Gasteiger charge is -2.67. The largest absolute Gasteiger partial charge is 0.458 e. The third-order valence-corrected chi connectivity index (χ3v) is 7.33. The zero-order valence-electron chi connectivity index (χ0n) is 15.1. The van der Waals surface area contributed by atoms with Crippen LogP contribution in [0.25, 0.3) is 0 Å². The summed E-state index contributed by atoms with van der Waals surface area (Å²) < 4.78 is 18.0. The van der Waals surface area contributed by atoms with Crippen molar-refractivity contribution in [2.75, 3.05) is 6.61 Å². The zero-order chi connectivity index (χ0) is 18.2. The van der Waals surface area contributed by atoms with E-state index in [-0.39, 0.29) is 12.7 Å². The molecule has 4 rings (SSSR count). The quantitative estimate of drug-likeness (QED) is 0.441. The summed E-state index contributed by atoms with van der Waals surface area (Å²) in [5.74, 6) is -0.426. The van der Waals surface area contributed by atoms with Gasteiger partial charge in [0, 0.05) is 23.3 Å². The van der Waals surface area contributed by atoms with E-state index in [2.05, 4.69) is 0 Å². The van der Waals surface area contributed by atoms with E-state index >= 15 is 0 Å². The number of carbonyl (C=O) groups excluding carboxylic acids is 1. The third-order valence-electron chi connectivity index (χ3n) is 7.33. The molecule has 6 nitrogen and oxygen atoms in total. The minimum absolute atomic E-state index is 0.0587. The Balaban J connectivity index is 1.84. The summed E-state index contributed by atoms with van der Waals surface area (Å²) in [6, 6.07) is 0. The highest BCUT2D eigenvalue weighted by Crippen LogP contribution is 2.69. The van der Waals surface area contributed by atoms with Crippen LogP contribution >= 0.6 is 0 Å². The first kappa shape index (κ1) is 17.2. The summed E-state index contributed by atoms with van der Waals surface area (Å²) in [7, 11) is 0. The number of hydrogen-bond acceptors (Lipinski definition) is 6. The fourth-order valence-corrected chi connectivity index (χ4v) is 5.61. The standard InChI is InChI=1S/C19H26O6/c1-5-6-14(20)25-12-8-13-19(22)9-23-16-15(21)10(2)7-11(24-13)17(16,3)18(12,19)4/h5-7,11-13,15-16,21-22H,8-9H2,1-4H3/b6-5+/t11-,12-,13?,15-,16+,17+,18-,19?/m1/s1. The summed E-state index contributed by atoms with van der Waals surface area (Å²) in [5.41, 5.74) is -1.95. The monoisotopic (exact) mass is 350 g/mol. The van der Waals surface area contributed by atoms with Crippen molar-refractivity contribution in [3.63, 3.8) is 0 Å². The van der Waals surface area contributed by atoms with E-state index < -0.39 is 46.8 Å². The molecule has 2 unspecified atom stereocenters. The molecule has 25 heavy (non-hydrogen) atoms. The number of carbonyl (C=O) groups is 1. The lowest BCUT2D eigenvalue weighted by Crippen LogP contribution is -2.78. The van der Waals surface area contributed by atoms with Gasteiger partial charge in [0.05, 0.1) is 24.9 Å². The molecule has 2 aliphatic heterocycles. The molecule has 2 aliphatic carbocycles. The van der Waals surface area contributed by atoms with E-state index in [9.17, 15) is 15.0 Å². The molecule has 2 N–H and O–H groups in total. The maximum absolute atomic E-state index is 12.1. The number of aliphatic hydroxyl groups excluding tert-OH is 1. The minimum atomic E-state index is -1.26. The van der Waals surface area contributed by atoms with Gasteiger partial charge in [-0.15, -0.1) is 0 Å². The van der Waals surface area contributed by atoms with Gasteiger partial charge in [-0.25, -0.2) is 4.79 Å². The topological polar surface area (TPSA) is 85.2 Å². The Kier molecular flexibility index (Phi) is 3.55. The van der Waals surface area contributed by atoms with Crippen LogP contribution in [0.15, 0.2) is 23.8 Å². The van der Waals surface area contributed by atoms with Gasteiger partial charge in [0.2, 0.25) is 0 Å². The van der Waals surface area contributed by atoms with Crippen LogP contribution in [0.4, 0.5) is 0 Å². The van der Waals surface area contributed by atoms with Crippen LogP contribution in [0, 0.1) is 10.8 Å². The van der Waals surface area contributed by atoms with Crippen molar-refractivity contribution in [2.24, 2.45) is 10.8 Å². The molecule has 0 aromatic rings. The maximum atomic E-state index is 12.1. The van der Waals surface area contributed by atoms with Crippen LogP contribution in [0.2, 0.25) is 0 Å². The van der Waals surface area contributed by atoms with E-state index in [4.69, 9.17) is 14.2 Å². The van der Waals surface area contributed by atoms with E-state index in [1.807, 2.05) is 26.8 Å². The first-order valence-electron chi connectivity index (χ1n) is 8.89. The van der Waals surface area contributed by atoms with E-state index in [0.29, 0.717) is 6.42 Å². The van der Waals surface area contributed by atoms with Crippen molar-refractivity contribution in [3.8, 4) is 0 Å². The predicted molar refractivity (Wildman–Crippen MR) is 88.6 cm³/mol. The molecule has 8 atom stereocenters. The van der Waals surface area contributed by atoms with Crippen molar-refractivity contribution < 1.29 is 29.2 Å². The minimum Gasteiger partial charge on any atom is -0.458 e. The molecule has 1 saturated carbocycles. The third kappa shape index (κ3) is 1.81. The Morgan fingerprint density at radius 1 is 1.44 bits per heavy atom. The summed E-state index contributed by atoms with van der Waals surface area (Å²) >= 11 is 0. The highest BCUT2D eigenvalue weighted by molar-refractivity contribution is 5.82. The summed E-state index contributed by atoms with van der Waals surface area (Å²) in [5, 5.41) is 22.2. The number of ether oxygens (including phenoxy) is 3. The van der Waals surface area contributed by atoms with Crippen molar-refractivity contribution in [2.45, 2.75) is 70.2 Å². The molecule has 6 heteroatoms. The van der Waals surface area contributed by atoms with E-state index in [1.54, 1.807) is 13.0 Å². The normalized spacial score (nSPS) is 53.7. The molecule has 0 amide bonds. The molecular weight excluding hydrogens is 324 g/mol. The molecular formula is C19H26O6. The van der Waals surface area contributed by atoms with Crippen LogP contribution in [-0.2, 0) is 19.0 Å². The molecule has 2 saturated heterocycles. The van der Waals surface area contributed by atoms with Gasteiger partial charge < -0.3 is 24.4 Å². The highest BCUT2D eigenvalue weighted by atomic mass is 16.6.